The average molecular weight is 429 g/mol. The van der Waals surface area contributed by atoms with Crippen LogP contribution in [0, 0.1) is 0 Å². The first kappa shape index (κ1) is 29.4. The molecular weight excluding hydrogens is 376 g/mol. The van der Waals surface area contributed by atoms with E-state index >= 15 is 0 Å². The summed E-state index contributed by atoms with van der Waals surface area (Å²) < 4.78 is 11.1. The normalized spacial score (nSPS) is 12.2. The van der Waals surface area contributed by atoms with Crippen molar-refractivity contribution in [2.24, 2.45) is 0 Å². The first-order chi connectivity index (χ1) is 14.7. The summed E-state index contributed by atoms with van der Waals surface area (Å²) in [6, 6.07) is 0. The van der Waals surface area contributed by atoms with Crippen molar-refractivity contribution >= 4 is 5.97 Å². The molecule has 0 amide bonds. The van der Waals surface area contributed by atoms with Crippen molar-refractivity contribution in [3.8, 4) is 0 Å². The minimum absolute atomic E-state index is 0.0103. The molecule has 0 aromatic carbocycles. The Kier molecular flexibility index (Phi) is 24.2. The van der Waals surface area contributed by atoms with E-state index < -0.39 is 0 Å². The molecule has 0 fully saturated rings. The zero-order valence-corrected chi connectivity index (χ0v) is 20.3. The van der Waals surface area contributed by atoms with Crippen molar-refractivity contribution < 1.29 is 19.4 Å². The molecule has 0 aromatic rings. The third kappa shape index (κ3) is 22.1. The Balaban J connectivity index is 3.74. The van der Waals surface area contributed by atoms with Gasteiger partial charge in [-0.1, -0.05) is 110 Å². The summed E-state index contributed by atoms with van der Waals surface area (Å²) in [4.78, 5) is 12.2. The van der Waals surface area contributed by atoms with Crippen LogP contribution in [0.3, 0.4) is 0 Å². The maximum atomic E-state index is 12.2. The fraction of sp³-hybridized carbons (Fsp3) is 0.962. The maximum Gasteiger partial charge on any atom is 0.306 e. The molecule has 0 spiro atoms. The highest BCUT2D eigenvalue weighted by atomic mass is 16.6. The molecule has 0 radical (unpaired) electrons. The van der Waals surface area contributed by atoms with Gasteiger partial charge in [-0.25, -0.2) is 0 Å². The molecule has 1 N–H and O–H groups in total. The van der Waals surface area contributed by atoms with Crippen molar-refractivity contribution in [1.29, 1.82) is 0 Å². The van der Waals surface area contributed by atoms with Gasteiger partial charge in [0.25, 0.3) is 0 Å². The number of hydrogen-bond acceptors (Lipinski definition) is 4. The summed E-state index contributed by atoms with van der Waals surface area (Å²) in [6.07, 6.45) is 22.7. The Morgan fingerprint density at radius 3 is 1.67 bits per heavy atom. The lowest BCUT2D eigenvalue weighted by Crippen LogP contribution is -2.24. The van der Waals surface area contributed by atoms with Gasteiger partial charge in [0.15, 0.2) is 0 Å². The molecular formula is C26H52O4. The third-order valence-electron chi connectivity index (χ3n) is 5.70. The zero-order valence-electron chi connectivity index (χ0n) is 20.3. The number of unbranched alkanes of at least 4 members (excludes halogenated alkanes) is 15. The van der Waals surface area contributed by atoms with Crippen LogP contribution in [0.5, 0.6) is 0 Å². The van der Waals surface area contributed by atoms with Crippen LogP contribution in [-0.4, -0.2) is 37.0 Å². The van der Waals surface area contributed by atoms with Gasteiger partial charge in [-0.05, 0) is 19.3 Å². The van der Waals surface area contributed by atoms with Crippen molar-refractivity contribution in [3.63, 3.8) is 0 Å². The lowest BCUT2D eigenvalue weighted by molar-refractivity contribution is -0.153. The van der Waals surface area contributed by atoms with Crippen molar-refractivity contribution in [2.75, 3.05) is 19.8 Å². The molecule has 0 heterocycles. The lowest BCUT2D eigenvalue weighted by atomic mass is 10.1. The highest BCUT2D eigenvalue weighted by Gasteiger charge is 2.14. The Bertz CT molecular complexity index is 346. The second-order valence-electron chi connectivity index (χ2n) is 8.75. The quantitative estimate of drug-likeness (QED) is 0.129. The van der Waals surface area contributed by atoms with E-state index in [2.05, 4.69) is 13.8 Å². The van der Waals surface area contributed by atoms with E-state index in [1.165, 1.54) is 89.9 Å². The maximum absolute atomic E-state index is 12.2. The molecule has 1 unspecified atom stereocenters. The van der Waals surface area contributed by atoms with E-state index in [9.17, 15) is 4.79 Å². The zero-order chi connectivity index (χ0) is 22.1. The molecule has 30 heavy (non-hydrogen) atoms. The molecule has 0 saturated carbocycles. The third-order valence-corrected chi connectivity index (χ3v) is 5.70. The summed E-state index contributed by atoms with van der Waals surface area (Å²) in [6.45, 7) is 5.21. The van der Waals surface area contributed by atoms with E-state index in [0.717, 1.165) is 25.7 Å². The van der Waals surface area contributed by atoms with Gasteiger partial charge in [0.1, 0.15) is 6.10 Å². The Hall–Kier alpha value is -0.610. The van der Waals surface area contributed by atoms with Gasteiger partial charge >= 0.3 is 5.97 Å². The Labute approximate surface area is 187 Å². The monoisotopic (exact) mass is 428 g/mol. The van der Waals surface area contributed by atoms with Gasteiger partial charge in [-0.3, -0.25) is 4.79 Å². The summed E-state index contributed by atoms with van der Waals surface area (Å²) in [7, 11) is 0. The lowest BCUT2D eigenvalue weighted by Gasteiger charge is -2.18. The predicted molar refractivity (Wildman–Crippen MR) is 127 cm³/mol. The molecule has 0 saturated heterocycles. The fourth-order valence-electron chi connectivity index (χ4n) is 3.79. The van der Waals surface area contributed by atoms with Crippen LogP contribution in [-0.2, 0) is 14.3 Å². The molecule has 180 valence electrons. The number of aliphatic hydroxyl groups is 1. The molecule has 4 heteroatoms. The summed E-state index contributed by atoms with van der Waals surface area (Å²) in [5.41, 5.74) is 0. The standard InChI is InChI=1S/C26H52O4/c1-3-5-7-9-11-12-13-14-15-17-19-21-26(28)30-25(24-29-23-22-27)20-18-16-10-8-6-4-2/h25,27H,3-24H2,1-2H3. The van der Waals surface area contributed by atoms with Crippen molar-refractivity contribution in [3.05, 3.63) is 0 Å². The van der Waals surface area contributed by atoms with Crippen LogP contribution in [0.4, 0.5) is 0 Å². The number of aliphatic hydroxyl groups excluding tert-OH is 1. The molecule has 0 aliphatic carbocycles. The molecule has 0 aromatic heterocycles. The second-order valence-corrected chi connectivity index (χ2v) is 8.75. The average Bonchev–Trinajstić information content (AvgIpc) is 2.74. The van der Waals surface area contributed by atoms with Crippen LogP contribution >= 0.6 is 0 Å². The van der Waals surface area contributed by atoms with Crippen LogP contribution < -0.4 is 0 Å². The van der Waals surface area contributed by atoms with E-state index in [1.54, 1.807) is 0 Å². The number of carbonyl (C=O) groups is 1. The number of carbonyl (C=O) groups excluding carboxylic acids is 1. The van der Waals surface area contributed by atoms with E-state index in [-0.39, 0.29) is 18.7 Å². The molecule has 4 nitrogen and oxygen atoms in total. The largest absolute Gasteiger partial charge is 0.460 e. The van der Waals surface area contributed by atoms with Crippen LogP contribution in [0.15, 0.2) is 0 Å². The Morgan fingerprint density at radius 2 is 1.17 bits per heavy atom. The summed E-state index contributed by atoms with van der Waals surface area (Å²) in [5, 5.41) is 8.89. The van der Waals surface area contributed by atoms with E-state index in [1.807, 2.05) is 0 Å². The minimum atomic E-state index is -0.164. The second kappa shape index (κ2) is 24.7. The van der Waals surface area contributed by atoms with Gasteiger partial charge in [-0.2, -0.15) is 0 Å². The topological polar surface area (TPSA) is 55.8 Å². The highest BCUT2D eigenvalue weighted by Crippen LogP contribution is 2.14. The predicted octanol–water partition coefficient (Wildman–Crippen LogP) is 7.36. The highest BCUT2D eigenvalue weighted by molar-refractivity contribution is 5.69. The minimum Gasteiger partial charge on any atom is -0.460 e. The molecule has 1 atom stereocenters. The SMILES string of the molecule is CCCCCCCCCCCCCC(=O)OC(CCCCCCCC)COCCO. The number of rotatable bonds is 24. The fourth-order valence-corrected chi connectivity index (χ4v) is 3.79. The van der Waals surface area contributed by atoms with Gasteiger partial charge < -0.3 is 14.6 Å². The number of esters is 1. The van der Waals surface area contributed by atoms with Gasteiger partial charge in [0.05, 0.1) is 19.8 Å². The number of hydrogen-bond donors (Lipinski definition) is 1. The smallest absolute Gasteiger partial charge is 0.306 e. The first-order valence-electron chi connectivity index (χ1n) is 13.1. The van der Waals surface area contributed by atoms with Gasteiger partial charge in [0, 0.05) is 6.42 Å². The van der Waals surface area contributed by atoms with Gasteiger partial charge in [0.2, 0.25) is 0 Å². The van der Waals surface area contributed by atoms with Crippen LogP contribution in [0.1, 0.15) is 136 Å². The Morgan fingerprint density at radius 1 is 0.700 bits per heavy atom. The molecule has 0 aliphatic heterocycles. The molecule has 0 aliphatic rings. The van der Waals surface area contributed by atoms with E-state index in [0.29, 0.717) is 19.6 Å². The van der Waals surface area contributed by atoms with Crippen LogP contribution in [0.25, 0.3) is 0 Å². The molecule has 0 rings (SSSR count). The van der Waals surface area contributed by atoms with Crippen molar-refractivity contribution in [2.45, 2.75) is 142 Å². The first-order valence-corrected chi connectivity index (χ1v) is 13.1. The van der Waals surface area contributed by atoms with E-state index in [4.69, 9.17) is 14.6 Å². The molecule has 0 bridgehead atoms. The van der Waals surface area contributed by atoms with Crippen molar-refractivity contribution in [1.82, 2.24) is 0 Å². The van der Waals surface area contributed by atoms with Gasteiger partial charge in [-0.15, -0.1) is 0 Å². The summed E-state index contributed by atoms with van der Waals surface area (Å²) in [5.74, 6) is -0.0884. The van der Waals surface area contributed by atoms with Crippen LogP contribution in [0.2, 0.25) is 0 Å². The summed E-state index contributed by atoms with van der Waals surface area (Å²) >= 11 is 0. The number of ether oxygens (including phenoxy) is 2.